The first-order valence-corrected chi connectivity index (χ1v) is 7.35. The van der Waals surface area contributed by atoms with Gasteiger partial charge in [0.05, 0.1) is 11.4 Å². The van der Waals surface area contributed by atoms with Crippen LogP contribution < -0.4 is 0 Å². The van der Waals surface area contributed by atoms with E-state index in [1.807, 2.05) is 0 Å². The highest BCUT2D eigenvalue weighted by atomic mass is 15.4. The van der Waals surface area contributed by atoms with Gasteiger partial charge >= 0.3 is 0 Å². The van der Waals surface area contributed by atoms with Gasteiger partial charge < -0.3 is 0 Å². The minimum atomic E-state index is 0.292. The number of hydrogen-bond acceptors (Lipinski definition) is 2. The summed E-state index contributed by atoms with van der Waals surface area (Å²) in [7, 11) is 0. The molecule has 3 nitrogen and oxygen atoms in total. The molecule has 0 bridgehead atoms. The fraction of sp³-hybridized carbons (Fsp3) is 0.867. The summed E-state index contributed by atoms with van der Waals surface area (Å²) in [6.45, 7) is 11.4. The molecule has 0 fully saturated rings. The van der Waals surface area contributed by atoms with Gasteiger partial charge in [-0.1, -0.05) is 38.8 Å². The molecule has 3 heteroatoms. The lowest BCUT2D eigenvalue weighted by molar-refractivity contribution is 0.273. The predicted octanol–water partition coefficient (Wildman–Crippen LogP) is 4.11. The molecule has 1 aliphatic carbocycles. The summed E-state index contributed by atoms with van der Waals surface area (Å²) in [6.07, 6.45) is 6.32. The van der Waals surface area contributed by atoms with E-state index in [-0.39, 0.29) is 0 Å². The molecule has 1 aromatic heterocycles. The van der Waals surface area contributed by atoms with Crippen LogP contribution in [0.5, 0.6) is 0 Å². The fourth-order valence-corrected chi connectivity index (χ4v) is 3.05. The molecule has 2 rings (SSSR count). The highest BCUT2D eigenvalue weighted by Gasteiger charge is 2.33. The van der Waals surface area contributed by atoms with Gasteiger partial charge in [-0.15, -0.1) is 5.10 Å². The number of hydrogen-bond donors (Lipinski definition) is 0. The molecule has 0 aliphatic heterocycles. The Balaban J connectivity index is 2.48. The Morgan fingerprint density at radius 3 is 2.50 bits per heavy atom. The average Bonchev–Trinajstić information content (AvgIpc) is 2.58. The van der Waals surface area contributed by atoms with Crippen molar-refractivity contribution in [3.05, 3.63) is 11.4 Å². The van der Waals surface area contributed by atoms with Crippen LogP contribution in [-0.4, -0.2) is 15.0 Å². The van der Waals surface area contributed by atoms with Gasteiger partial charge in [0.2, 0.25) is 0 Å². The summed E-state index contributed by atoms with van der Waals surface area (Å²) in [5.74, 6) is 0.588. The molecule has 0 saturated heterocycles. The Morgan fingerprint density at radius 1 is 1.17 bits per heavy atom. The third kappa shape index (κ3) is 2.60. The molecule has 18 heavy (non-hydrogen) atoms. The van der Waals surface area contributed by atoms with Gasteiger partial charge in [-0.25, -0.2) is 4.68 Å². The number of aryl methyl sites for hydroxylation is 1. The van der Waals surface area contributed by atoms with E-state index < -0.39 is 0 Å². The van der Waals surface area contributed by atoms with Crippen molar-refractivity contribution in [1.82, 2.24) is 15.0 Å². The molecule has 1 aliphatic rings. The average molecular weight is 249 g/mol. The summed E-state index contributed by atoms with van der Waals surface area (Å²) >= 11 is 0. The van der Waals surface area contributed by atoms with Crippen molar-refractivity contribution in [3.63, 3.8) is 0 Å². The van der Waals surface area contributed by atoms with Crippen LogP contribution in [0.2, 0.25) is 0 Å². The smallest absolute Gasteiger partial charge is 0.0862 e. The van der Waals surface area contributed by atoms with E-state index in [2.05, 4.69) is 49.6 Å². The van der Waals surface area contributed by atoms with Crippen molar-refractivity contribution in [1.29, 1.82) is 0 Å². The summed E-state index contributed by atoms with van der Waals surface area (Å²) in [5, 5.41) is 8.87. The number of rotatable bonds is 1. The molecule has 1 aromatic rings. The Bertz CT molecular complexity index is 398. The second-order valence-electron chi connectivity index (χ2n) is 6.98. The molecule has 0 radical (unpaired) electrons. The van der Waals surface area contributed by atoms with Gasteiger partial charge in [-0.2, -0.15) is 0 Å². The molecule has 0 aromatic carbocycles. The van der Waals surface area contributed by atoms with Crippen LogP contribution in [-0.2, 0) is 6.42 Å². The highest BCUT2D eigenvalue weighted by molar-refractivity contribution is 5.19. The van der Waals surface area contributed by atoms with E-state index >= 15 is 0 Å². The van der Waals surface area contributed by atoms with Crippen LogP contribution in [0.4, 0.5) is 0 Å². The van der Waals surface area contributed by atoms with E-state index in [9.17, 15) is 0 Å². The first-order valence-electron chi connectivity index (χ1n) is 7.35. The standard InChI is InChI=1S/C15H27N3/c1-11(2)18-14-12(15(3,4)5)9-7-6-8-10-13(14)16-17-18/h11-12H,6-10H2,1-5H3. The van der Waals surface area contributed by atoms with Gasteiger partial charge in [-0.05, 0) is 38.5 Å². The normalized spacial score (nSPS) is 21.6. The zero-order chi connectivity index (χ0) is 13.3. The molecule has 1 heterocycles. The Kier molecular flexibility index (Phi) is 3.79. The van der Waals surface area contributed by atoms with Gasteiger partial charge in [0.15, 0.2) is 0 Å². The topological polar surface area (TPSA) is 30.7 Å². The minimum absolute atomic E-state index is 0.292. The number of fused-ring (bicyclic) bond motifs is 1. The van der Waals surface area contributed by atoms with E-state index in [0.29, 0.717) is 17.4 Å². The number of aromatic nitrogens is 3. The first-order chi connectivity index (χ1) is 8.41. The van der Waals surface area contributed by atoms with Crippen LogP contribution in [0.1, 0.15) is 83.6 Å². The monoisotopic (exact) mass is 249 g/mol. The van der Waals surface area contributed by atoms with Crippen molar-refractivity contribution < 1.29 is 0 Å². The zero-order valence-corrected chi connectivity index (χ0v) is 12.5. The summed E-state index contributed by atoms with van der Waals surface area (Å²) in [5.41, 5.74) is 2.96. The second kappa shape index (κ2) is 5.02. The van der Waals surface area contributed by atoms with Crippen LogP contribution in [0, 0.1) is 5.41 Å². The van der Waals surface area contributed by atoms with Gasteiger partial charge in [0, 0.05) is 12.0 Å². The molecular weight excluding hydrogens is 222 g/mol. The molecule has 0 amide bonds. The second-order valence-corrected chi connectivity index (χ2v) is 6.98. The maximum Gasteiger partial charge on any atom is 0.0862 e. The van der Waals surface area contributed by atoms with Crippen molar-refractivity contribution in [2.75, 3.05) is 0 Å². The maximum atomic E-state index is 4.46. The molecular formula is C15H27N3. The summed E-state index contributed by atoms with van der Waals surface area (Å²) in [4.78, 5) is 0. The van der Waals surface area contributed by atoms with Gasteiger partial charge in [-0.3, -0.25) is 0 Å². The van der Waals surface area contributed by atoms with Crippen LogP contribution in [0.3, 0.4) is 0 Å². The highest BCUT2D eigenvalue weighted by Crippen LogP contribution is 2.42. The van der Waals surface area contributed by atoms with E-state index in [1.54, 1.807) is 0 Å². The summed E-state index contributed by atoms with van der Waals surface area (Å²) in [6, 6.07) is 0.408. The van der Waals surface area contributed by atoms with Gasteiger partial charge in [0.1, 0.15) is 0 Å². The zero-order valence-electron chi connectivity index (χ0n) is 12.5. The number of nitrogens with zero attached hydrogens (tertiary/aromatic N) is 3. The van der Waals surface area contributed by atoms with Crippen LogP contribution in [0.25, 0.3) is 0 Å². The Morgan fingerprint density at radius 2 is 1.89 bits per heavy atom. The van der Waals surface area contributed by atoms with Crippen molar-refractivity contribution in [2.24, 2.45) is 5.41 Å². The fourth-order valence-electron chi connectivity index (χ4n) is 3.05. The van der Waals surface area contributed by atoms with Crippen molar-refractivity contribution in [2.45, 2.75) is 78.7 Å². The third-order valence-corrected chi connectivity index (χ3v) is 4.08. The third-order valence-electron chi connectivity index (χ3n) is 4.08. The van der Waals surface area contributed by atoms with E-state index in [4.69, 9.17) is 0 Å². The van der Waals surface area contributed by atoms with Crippen LogP contribution >= 0.6 is 0 Å². The minimum Gasteiger partial charge on any atom is -0.246 e. The Hall–Kier alpha value is -0.860. The van der Waals surface area contributed by atoms with E-state index in [0.717, 1.165) is 6.42 Å². The van der Waals surface area contributed by atoms with Crippen LogP contribution in [0.15, 0.2) is 0 Å². The molecule has 0 N–H and O–H groups in total. The quantitative estimate of drug-likeness (QED) is 0.750. The predicted molar refractivity (Wildman–Crippen MR) is 74.8 cm³/mol. The van der Waals surface area contributed by atoms with Crippen molar-refractivity contribution in [3.8, 4) is 0 Å². The Labute approximate surface area is 111 Å². The molecule has 1 atom stereocenters. The SMILES string of the molecule is CC(C)n1nnc2c1C(C(C)(C)C)CCCCC2. The lowest BCUT2D eigenvalue weighted by Crippen LogP contribution is -2.24. The lowest BCUT2D eigenvalue weighted by Gasteiger charge is -2.33. The molecule has 0 saturated carbocycles. The molecule has 1 unspecified atom stereocenters. The van der Waals surface area contributed by atoms with E-state index in [1.165, 1.54) is 37.1 Å². The molecule has 102 valence electrons. The van der Waals surface area contributed by atoms with Gasteiger partial charge in [0.25, 0.3) is 0 Å². The first kappa shape index (κ1) is 13.6. The lowest BCUT2D eigenvalue weighted by atomic mass is 9.74. The molecule has 0 spiro atoms. The maximum absolute atomic E-state index is 4.46. The summed E-state index contributed by atoms with van der Waals surface area (Å²) < 4.78 is 2.16. The largest absolute Gasteiger partial charge is 0.246 e. The van der Waals surface area contributed by atoms with Crippen molar-refractivity contribution >= 4 is 0 Å².